The Kier molecular flexibility index (Phi) is 2.27. The molecule has 2 aromatic rings. The van der Waals surface area contributed by atoms with Crippen molar-refractivity contribution in [1.82, 2.24) is 19.4 Å². The largest absolute Gasteiger partial charge is 0.589 e. The molecule has 0 fully saturated rings. The Morgan fingerprint density at radius 2 is 2.07 bits per heavy atom. The summed E-state index contributed by atoms with van der Waals surface area (Å²) in [6.07, 6.45) is 0. The van der Waals surface area contributed by atoms with Crippen LogP contribution in [0.15, 0.2) is 24.3 Å². The van der Waals surface area contributed by atoms with Crippen LogP contribution in [0.5, 0.6) is 0 Å². The van der Waals surface area contributed by atoms with E-state index in [2.05, 4.69) is 10.3 Å². The van der Waals surface area contributed by atoms with Crippen molar-refractivity contribution in [2.45, 2.75) is 0 Å². The number of aromatic nitrogens is 3. The Hall–Kier alpha value is -1.32. The molecule has 0 N–H and O–H groups in total. The van der Waals surface area contributed by atoms with Crippen LogP contribution in [0.4, 0.5) is 0 Å². The molecule has 1 heterocycles. The van der Waals surface area contributed by atoms with Crippen molar-refractivity contribution in [3.05, 3.63) is 24.3 Å². The predicted molar refractivity (Wildman–Crippen MR) is 54.2 cm³/mol. The molecule has 1 aromatic carbocycles. The zero-order valence-corrected chi connectivity index (χ0v) is 8.85. The molecule has 0 radical (unpaired) electrons. The summed E-state index contributed by atoms with van der Waals surface area (Å²) >= 11 is 0. The number of rotatable bonds is 2. The van der Waals surface area contributed by atoms with Crippen LogP contribution in [0.25, 0.3) is 11.0 Å². The van der Waals surface area contributed by atoms with Gasteiger partial charge in [-0.1, -0.05) is 16.8 Å². The standard InChI is InChI=1S/C8H10N4OP/c1-11(2)14(13)12-8-6-4-3-5-7(8)9-10-12/h3-6H,1-2H3/q+1. The number of nitrogens with zero attached hydrogens (tertiary/aromatic N) is 4. The van der Waals surface area contributed by atoms with Gasteiger partial charge < -0.3 is 0 Å². The van der Waals surface area contributed by atoms with Gasteiger partial charge in [0.2, 0.25) is 0 Å². The van der Waals surface area contributed by atoms with E-state index in [1.807, 2.05) is 24.3 Å². The normalized spacial score (nSPS) is 12.4. The van der Waals surface area contributed by atoms with Gasteiger partial charge >= 0.3 is 8.10 Å². The molecule has 1 aromatic heterocycles. The van der Waals surface area contributed by atoms with Gasteiger partial charge in [-0.3, -0.25) is 0 Å². The Balaban J connectivity index is 2.58. The molecule has 0 amide bonds. The number of hydrogen-bond donors (Lipinski definition) is 0. The summed E-state index contributed by atoms with van der Waals surface area (Å²) in [5, 5.41) is 7.78. The molecule has 6 heteroatoms. The SMILES string of the molecule is CN(C)[P+](=O)n1nnc2ccccc21. The predicted octanol–water partition coefficient (Wildman–Crippen LogP) is 1.50. The third kappa shape index (κ3) is 1.41. The van der Waals surface area contributed by atoms with Gasteiger partial charge in [-0.2, -0.15) is 0 Å². The molecule has 0 aliphatic heterocycles. The third-order valence-corrected chi connectivity index (χ3v) is 3.14. The molecular weight excluding hydrogens is 199 g/mol. The smallest absolute Gasteiger partial charge is 0.127 e. The maximum atomic E-state index is 11.8. The van der Waals surface area contributed by atoms with Gasteiger partial charge in [0, 0.05) is 14.1 Å². The van der Waals surface area contributed by atoms with E-state index in [9.17, 15) is 4.57 Å². The lowest BCUT2D eigenvalue weighted by Crippen LogP contribution is -2.05. The second-order valence-electron chi connectivity index (χ2n) is 3.07. The second kappa shape index (κ2) is 3.44. The summed E-state index contributed by atoms with van der Waals surface area (Å²) in [4.78, 5) is 0. The molecular formula is C8H10N4OP+. The summed E-state index contributed by atoms with van der Waals surface area (Å²) < 4.78 is 14.8. The molecule has 1 unspecified atom stereocenters. The molecule has 0 aliphatic rings. The lowest BCUT2D eigenvalue weighted by molar-refractivity contribution is 0.521. The molecule has 1 atom stereocenters. The van der Waals surface area contributed by atoms with Crippen molar-refractivity contribution in [3.63, 3.8) is 0 Å². The average Bonchev–Trinajstić information content (AvgIpc) is 2.60. The number of benzene rings is 1. The summed E-state index contributed by atoms with van der Waals surface area (Å²) in [5.74, 6) is 0. The quantitative estimate of drug-likeness (QED) is 0.703. The van der Waals surface area contributed by atoms with E-state index in [4.69, 9.17) is 0 Å². The van der Waals surface area contributed by atoms with E-state index >= 15 is 0 Å². The van der Waals surface area contributed by atoms with E-state index < -0.39 is 8.10 Å². The summed E-state index contributed by atoms with van der Waals surface area (Å²) in [7, 11) is 1.82. The van der Waals surface area contributed by atoms with Crippen molar-refractivity contribution >= 4 is 19.1 Å². The Morgan fingerprint density at radius 1 is 1.36 bits per heavy atom. The highest BCUT2D eigenvalue weighted by Gasteiger charge is 2.26. The van der Waals surface area contributed by atoms with Gasteiger partial charge in [0.15, 0.2) is 0 Å². The number of fused-ring (bicyclic) bond motifs is 1. The van der Waals surface area contributed by atoms with Crippen LogP contribution in [0.3, 0.4) is 0 Å². The van der Waals surface area contributed by atoms with E-state index in [1.165, 1.54) is 4.45 Å². The highest BCUT2D eigenvalue weighted by Crippen LogP contribution is 2.28. The molecule has 0 saturated carbocycles. The monoisotopic (exact) mass is 209 g/mol. The van der Waals surface area contributed by atoms with Crippen molar-refractivity contribution in [3.8, 4) is 0 Å². The molecule has 0 bridgehead atoms. The molecule has 0 aliphatic carbocycles. The maximum absolute atomic E-state index is 11.8. The minimum Gasteiger partial charge on any atom is -0.127 e. The van der Waals surface area contributed by atoms with Gasteiger partial charge in [-0.05, 0) is 26.4 Å². The summed E-state index contributed by atoms with van der Waals surface area (Å²) in [5.41, 5.74) is 1.56. The van der Waals surface area contributed by atoms with Crippen molar-refractivity contribution in [1.29, 1.82) is 0 Å². The van der Waals surface area contributed by atoms with Gasteiger partial charge in [-0.25, -0.2) is 0 Å². The van der Waals surface area contributed by atoms with Crippen molar-refractivity contribution in [2.75, 3.05) is 14.1 Å². The first-order valence-electron chi connectivity index (χ1n) is 4.15. The van der Waals surface area contributed by atoms with Crippen LogP contribution < -0.4 is 0 Å². The van der Waals surface area contributed by atoms with Crippen LogP contribution in [0.2, 0.25) is 0 Å². The average molecular weight is 209 g/mol. The zero-order chi connectivity index (χ0) is 10.1. The van der Waals surface area contributed by atoms with E-state index in [0.717, 1.165) is 11.0 Å². The molecule has 14 heavy (non-hydrogen) atoms. The van der Waals surface area contributed by atoms with Gasteiger partial charge in [0.05, 0.1) is 0 Å². The lowest BCUT2D eigenvalue weighted by Gasteiger charge is -1.92. The van der Waals surface area contributed by atoms with Crippen molar-refractivity contribution in [2.24, 2.45) is 0 Å². The highest BCUT2D eigenvalue weighted by molar-refractivity contribution is 7.40. The Labute approximate surface area is 82.2 Å². The number of hydrogen-bond acceptors (Lipinski definition) is 3. The van der Waals surface area contributed by atoms with Gasteiger partial charge in [-0.15, -0.1) is 5.10 Å². The van der Waals surface area contributed by atoms with Gasteiger partial charge in [0.25, 0.3) is 0 Å². The number of para-hydroxylation sites is 1. The lowest BCUT2D eigenvalue weighted by atomic mass is 10.3. The van der Waals surface area contributed by atoms with Crippen molar-refractivity contribution < 1.29 is 4.57 Å². The summed E-state index contributed by atoms with van der Waals surface area (Å²) in [6, 6.07) is 7.45. The fraction of sp³-hybridized carbons (Fsp3) is 0.250. The third-order valence-electron chi connectivity index (χ3n) is 1.84. The van der Waals surface area contributed by atoms with Crippen LogP contribution in [-0.2, 0) is 4.57 Å². The van der Waals surface area contributed by atoms with Gasteiger partial charge in [0.1, 0.15) is 11.0 Å². The molecule has 0 spiro atoms. The van der Waals surface area contributed by atoms with Crippen LogP contribution in [-0.4, -0.2) is 33.5 Å². The topological polar surface area (TPSA) is 51.0 Å². The fourth-order valence-electron chi connectivity index (χ4n) is 1.15. The molecule has 72 valence electrons. The highest BCUT2D eigenvalue weighted by atomic mass is 31.1. The van der Waals surface area contributed by atoms with E-state index in [1.54, 1.807) is 18.8 Å². The maximum Gasteiger partial charge on any atom is 0.589 e. The van der Waals surface area contributed by atoms with E-state index in [-0.39, 0.29) is 0 Å². The first kappa shape index (κ1) is 9.24. The first-order valence-corrected chi connectivity index (χ1v) is 5.32. The van der Waals surface area contributed by atoms with Crippen LogP contribution >= 0.6 is 8.10 Å². The van der Waals surface area contributed by atoms with E-state index in [0.29, 0.717) is 0 Å². The Bertz CT molecular complexity index is 479. The van der Waals surface area contributed by atoms with Crippen LogP contribution in [0.1, 0.15) is 0 Å². The Morgan fingerprint density at radius 3 is 2.79 bits per heavy atom. The molecule has 0 saturated heterocycles. The zero-order valence-electron chi connectivity index (χ0n) is 7.95. The minimum absolute atomic E-state index is 0.762. The molecule has 5 nitrogen and oxygen atoms in total. The fourth-order valence-corrected chi connectivity index (χ4v) is 1.95. The molecule has 2 rings (SSSR count). The second-order valence-corrected chi connectivity index (χ2v) is 4.75. The minimum atomic E-state index is -1.67. The van der Waals surface area contributed by atoms with Crippen LogP contribution in [0, 0.1) is 0 Å². The first-order chi connectivity index (χ1) is 6.70. The summed E-state index contributed by atoms with van der Waals surface area (Å²) in [6.45, 7) is 0.